The maximum Gasteiger partial charge on any atom is 0.253 e. The van der Waals surface area contributed by atoms with Crippen molar-refractivity contribution in [2.75, 3.05) is 70.9 Å². The van der Waals surface area contributed by atoms with Crippen LogP contribution < -0.4 is 16.8 Å². The number of rotatable bonds is 9. The summed E-state index contributed by atoms with van der Waals surface area (Å²) >= 11 is 0. The minimum absolute atomic E-state index is 0.0675. The first kappa shape index (κ1) is 42.7. The maximum atomic E-state index is 13.0. The van der Waals surface area contributed by atoms with Crippen molar-refractivity contribution < 1.29 is 9.59 Å². The highest BCUT2D eigenvalue weighted by Crippen LogP contribution is 2.28. The summed E-state index contributed by atoms with van der Waals surface area (Å²) in [5, 5.41) is 3.00. The van der Waals surface area contributed by atoms with Crippen LogP contribution in [-0.4, -0.2) is 126 Å². The van der Waals surface area contributed by atoms with E-state index in [1.807, 2.05) is 90.7 Å². The van der Waals surface area contributed by atoms with Crippen LogP contribution in [0.4, 0.5) is 11.6 Å². The van der Waals surface area contributed by atoms with Crippen molar-refractivity contribution in [3.8, 4) is 45.6 Å². The number of hydrogen-bond acceptors (Lipinski definition) is 12. The fraction of sp³-hybridized carbons (Fsp3) is 0.265. The Kier molecular flexibility index (Phi) is 12.5. The van der Waals surface area contributed by atoms with E-state index in [-0.39, 0.29) is 11.8 Å². The fourth-order valence-corrected chi connectivity index (χ4v) is 8.17. The van der Waals surface area contributed by atoms with Gasteiger partial charge in [-0.2, -0.15) is 0 Å². The quantitative estimate of drug-likeness (QED) is 0.106. The first-order valence-corrected chi connectivity index (χ1v) is 22.0. The van der Waals surface area contributed by atoms with Crippen LogP contribution in [0, 0.1) is 6.92 Å². The Hall–Kier alpha value is -7.56. The molecule has 16 heteroatoms. The third kappa shape index (κ3) is 9.83. The van der Waals surface area contributed by atoms with Crippen LogP contribution in [0.2, 0.25) is 0 Å². The van der Waals surface area contributed by atoms with Gasteiger partial charge in [-0.25, -0.2) is 29.9 Å². The number of nitrogen functional groups attached to an aromatic ring is 2. The van der Waals surface area contributed by atoms with Crippen molar-refractivity contribution in [2.45, 2.75) is 26.2 Å². The maximum absolute atomic E-state index is 13.0. The number of imidazole rings is 2. The lowest BCUT2D eigenvalue weighted by Crippen LogP contribution is -2.34. The van der Waals surface area contributed by atoms with Gasteiger partial charge in [-0.3, -0.25) is 9.59 Å². The Balaban J connectivity index is 0.000000164. The second-order valence-electron chi connectivity index (χ2n) is 16.6. The molecule has 2 saturated heterocycles. The van der Waals surface area contributed by atoms with E-state index < -0.39 is 0 Å². The van der Waals surface area contributed by atoms with Crippen LogP contribution in [0.1, 0.15) is 45.5 Å². The molecule has 65 heavy (non-hydrogen) atoms. The number of nitrogens with one attached hydrogen (secondary N) is 3. The van der Waals surface area contributed by atoms with Crippen LogP contribution in [0.15, 0.2) is 103 Å². The highest BCUT2D eigenvalue weighted by Gasteiger charge is 2.20. The molecule has 16 nitrogen and oxygen atoms in total. The van der Waals surface area contributed by atoms with Crippen molar-refractivity contribution in [1.29, 1.82) is 0 Å². The van der Waals surface area contributed by atoms with E-state index in [1.165, 1.54) is 12.8 Å². The number of nitrogens with two attached hydrogens (primary N) is 2. The summed E-state index contributed by atoms with van der Waals surface area (Å²) in [6, 6.07) is 28.7. The van der Waals surface area contributed by atoms with E-state index in [9.17, 15) is 9.59 Å². The normalized spacial score (nSPS) is 14.6. The summed E-state index contributed by atoms with van der Waals surface area (Å²) in [5.41, 5.74) is 22.3. The van der Waals surface area contributed by atoms with Crippen molar-refractivity contribution in [3.63, 3.8) is 0 Å². The van der Waals surface area contributed by atoms with E-state index in [0.29, 0.717) is 63.7 Å². The molecule has 0 bridgehead atoms. The summed E-state index contributed by atoms with van der Waals surface area (Å²) in [6.07, 6.45) is 6.77. The Morgan fingerprint density at radius 2 is 1.25 bits per heavy atom. The molecule has 4 aromatic carbocycles. The third-order valence-electron chi connectivity index (χ3n) is 11.9. The minimum atomic E-state index is -0.0675. The fourth-order valence-electron chi connectivity index (χ4n) is 8.17. The number of carbonyl (C=O) groups is 2. The van der Waals surface area contributed by atoms with Gasteiger partial charge in [0.2, 0.25) is 0 Å². The van der Waals surface area contributed by atoms with Crippen molar-refractivity contribution in [2.24, 2.45) is 0 Å². The first-order valence-electron chi connectivity index (χ1n) is 22.0. The summed E-state index contributed by atoms with van der Waals surface area (Å²) in [4.78, 5) is 65.8. The summed E-state index contributed by atoms with van der Waals surface area (Å²) < 4.78 is 0. The lowest BCUT2D eigenvalue weighted by Gasteiger charge is -2.20. The van der Waals surface area contributed by atoms with Crippen molar-refractivity contribution >= 4 is 45.5 Å². The SMILES string of the molecule is Cc1ccc2nc(-c3nc(-c4ccc(C(=O)N5CCCN(C)CC5)cc4)cnc3N)[nH]c2c1.Nc1ncc(-c2ccc(C(=O)NCCN3CCCC3)cc2)nc1-c1nc2ccccc2[nH]1. The highest BCUT2D eigenvalue weighted by molar-refractivity contribution is 5.95. The largest absolute Gasteiger partial charge is 0.382 e. The molecule has 4 aromatic heterocycles. The molecular formula is C49H52N14O2. The van der Waals surface area contributed by atoms with Crippen LogP contribution >= 0.6 is 0 Å². The topological polar surface area (TPSA) is 217 Å². The molecule has 7 N–H and O–H groups in total. The monoisotopic (exact) mass is 868 g/mol. The van der Waals surface area contributed by atoms with Gasteiger partial charge in [0.1, 0.15) is 11.4 Å². The number of amides is 2. The van der Waals surface area contributed by atoms with E-state index in [1.54, 1.807) is 24.5 Å². The Bertz CT molecular complexity index is 2920. The molecule has 8 aromatic rings. The molecule has 0 radical (unpaired) electrons. The molecule has 2 fully saturated rings. The number of fused-ring (bicyclic) bond motifs is 2. The van der Waals surface area contributed by atoms with Crippen LogP contribution in [0.3, 0.4) is 0 Å². The van der Waals surface area contributed by atoms with E-state index >= 15 is 0 Å². The molecule has 2 aliphatic heterocycles. The minimum Gasteiger partial charge on any atom is -0.382 e. The molecule has 0 aliphatic carbocycles. The standard InChI is InChI=1S/C25H27N7O.C24H25N7O/c1-16-4-9-19-20(14-16)30-24(29-19)22-23(26)27-15-21(28-22)17-5-7-18(8-6-17)25(33)32-11-3-10-31(2)12-13-32;25-22-21(23-29-18-5-1-2-6-19(18)30-23)28-20(15-27-22)16-7-9-17(10-8-16)24(32)26-11-14-31-12-3-4-13-31/h4-9,14-15H,3,10-13H2,1-2H3,(H2,26,27)(H,29,30);1-2,5-10,15H,3-4,11-14H2,(H2,25,27)(H,26,32)(H,29,30). The average Bonchev–Trinajstić information content (AvgIpc) is 4.08. The molecule has 10 rings (SSSR count). The van der Waals surface area contributed by atoms with Gasteiger partial charge in [0.05, 0.1) is 45.8 Å². The third-order valence-corrected chi connectivity index (χ3v) is 11.9. The van der Waals surface area contributed by atoms with Gasteiger partial charge in [0.25, 0.3) is 11.8 Å². The van der Waals surface area contributed by atoms with Crippen LogP contribution in [-0.2, 0) is 0 Å². The van der Waals surface area contributed by atoms with E-state index in [0.717, 1.165) is 91.0 Å². The van der Waals surface area contributed by atoms with Crippen LogP contribution in [0.25, 0.3) is 67.6 Å². The number of likely N-dealkylation sites (N-methyl/N-ethyl adjacent to an activating group) is 1. The van der Waals surface area contributed by atoms with Gasteiger partial charge in [0, 0.05) is 55.0 Å². The number of H-pyrrole nitrogens is 2. The summed E-state index contributed by atoms with van der Waals surface area (Å²) in [7, 11) is 2.09. The Labute approximate surface area is 376 Å². The van der Waals surface area contributed by atoms with E-state index in [2.05, 4.69) is 57.1 Å². The number of hydrogen-bond donors (Lipinski definition) is 5. The molecule has 330 valence electrons. The number of aryl methyl sites for hydroxylation is 1. The summed E-state index contributed by atoms with van der Waals surface area (Å²) in [5.74, 6) is 1.78. The number of benzene rings is 4. The van der Waals surface area contributed by atoms with E-state index in [4.69, 9.17) is 16.5 Å². The zero-order valence-electron chi connectivity index (χ0n) is 36.6. The van der Waals surface area contributed by atoms with Gasteiger partial charge in [-0.05, 0) is 107 Å². The lowest BCUT2D eigenvalue weighted by atomic mass is 10.1. The average molecular weight is 869 g/mol. The smallest absolute Gasteiger partial charge is 0.253 e. The number of aromatic amines is 2. The number of para-hydroxylation sites is 2. The molecule has 6 heterocycles. The molecule has 0 saturated carbocycles. The molecule has 0 unspecified atom stereocenters. The molecular weight excluding hydrogens is 817 g/mol. The zero-order valence-corrected chi connectivity index (χ0v) is 36.6. The Morgan fingerprint density at radius 1 is 0.646 bits per heavy atom. The second-order valence-corrected chi connectivity index (χ2v) is 16.6. The predicted molar refractivity (Wildman–Crippen MR) is 255 cm³/mol. The summed E-state index contributed by atoms with van der Waals surface area (Å²) in [6.45, 7) is 9.30. The van der Waals surface area contributed by atoms with Crippen LogP contribution in [0.5, 0.6) is 0 Å². The Morgan fingerprint density at radius 3 is 1.89 bits per heavy atom. The van der Waals surface area contributed by atoms with Gasteiger partial charge >= 0.3 is 0 Å². The number of anilines is 2. The lowest BCUT2D eigenvalue weighted by molar-refractivity contribution is 0.0762. The molecule has 2 amide bonds. The molecule has 0 atom stereocenters. The van der Waals surface area contributed by atoms with Gasteiger partial charge in [-0.1, -0.05) is 42.5 Å². The van der Waals surface area contributed by atoms with Gasteiger partial charge in [-0.15, -0.1) is 0 Å². The second kappa shape index (κ2) is 19.0. The first-order chi connectivity index (χ1) is 31.6. The van der Waals surface area contributed by atoms with Crippen molar-refractivity contribution in [3.05, 3.63) is 120 Å². The number of nitrogens with zero attached hydrogens (tertiary/aromatic N) is 9. The zero-order chi connectivity index (χ0) is 44.9. The predicted octanol–water partition coefficient (Wildman–Crippen LogP) is 6.45. The number of aromatic nitrogens is 8. The number of carbonyl (C=O) groups excluding carboxylic acids is 2. The van der Waals surface area contributed by atoms with Gasteiger partial charge in [0.15, 0.2) is 23.3 Å². The molecule has 2 aliphatic rings. The molecule has 0 spiro atoms. The highest BCUT2D eigenvalue weighted by atomic mass is 16.2. The number of likely N-dealkylation sites (tertiary alicyclic amines) is 1. The van der Waals surface area contributed by atoms with Crippen molar-refractivity contribution in [1.82, 2.24) is 59.9 Å². The van der Waals surface area contributed by atoms with Gasteiger partial charge < -0.3 is 41.5 Å².